The lowest BCUT2D eigenvalue weighted by Gasteiger charge is -2.19. The molecule has 1 saturated heterocycles. The average Bonchev–Trinajstić information content (AvgIpc) is 2.68. The Labute approximate surface area is 120 Å². The van der Waals surface area contributed by atoms with E-state index in [1.54, 1.807) is 0 Å². The van der Waals surface area contributed by atoms with Gasteiger partial charge in [-0.1, -0.05) is 12.8 Å². The molecule has 0 amide bonds. The Morgan fingerprint density at radius 2 is 1.90 bits per heavy atom. The number of nitrogens with one attached hydrogen (secondary N) is 1. The van der Waals surface area contributed by atoms with Crippen LogP contribution in [0.3, 0.4) is 0 Å². The number of anilines is 1. The van der Waals surface area contributed by atoms with Crippen LogP contribution in [0.2, 0.25) is 0 Å². The monoisotopic (exact) mass is 298 g/mol. The smallest absolute Gasteiger partial charge is 0.242 e. The molecule has 1 aliphatic rings. The lowest BCUT2D eigenvalue weighted by atomic mass is 10.2. The van der Waals surface area contributed by atoms with Crippen molar-refractivity contribution in [1.29, 1.82) is 0 Å². The van der Waals surface area contributed by atoms with Crippen molar-refractivity contribution in [3.8, 4) is 0 Å². The highest BCUT2D eigenvalue weighted by molar-refractivity contribution is 7.89. The van der Waals surface area contributed by atoms with E-state index in [1.165, 1.54) is 44.0 Å². The Kier molecular flexibility index (Phi) is 5.33. The number of nitrogens with zero attached hydrogens (tertiary/aromatic N) is 2. The molecule has 0 saturated carbocycles. The lowest BCUT2D eigenvalue weighted by Crippen LogP contribution is -2.35. The Balaban J connectivity index is 1.84. The van der Waals surface area contributed by atoms with Crippen molar-refractivity contribution in [3.05, 3.63) is 18.3 Å². The molecule has 112 valence electrons. The highest BCUT2D eigenvalue weighted by atomic mass is 32.2. The molecular weight excluding hydrogens is 276 g/mol. The molecule has 7 heteroatoms. The van der Waals surface area contributed by atoms with E-state index in [9.17, 15) is 8.42 Å². The fourth-order valence-electron chi connectivity index (χ4n) is 2.33. The van der Waals surface area contributed by atoms with E-state index in [0.29, 0.717) is 12.4 Å². The second-order valence-electron chi connectivity index (χ2n) is 5.07. The van der Waals surface area contributed by atoms with Crippen LogP contribution in [0.5, 0.6) is 0 Å². The standard InChI is InChI=1S/C13H22N4O2S/c14-13-6-5-12(11-15-13)20(18,19)16-7-10-17-8-3-1-2-4-9-17/h5-6,11,16H,1-4,7-10H2,(H2,14,15). The van der Waals surface area contributed by atoms with Crippen molar-refractivity contribution in [2.24, 2.45) is 0 Å². The molecule has 20 heavy (non-hydrogen) atoms. The van der Waals surface area contributed by atoms with Gasteiger partial charge < -0.3 is 10.6 Å². The zero-order valence-corrected chi connectivity index (χ0v) is 12.4. The van der Waals surface area contributed by atoms with Gasteiger partial charge in [-0.3, -0.25) is 0 Å². The Morgan fingerprint density at radius 3 is 2.50 bits per heavy atom. The van der Waals surface area contributed by atoms with Gasteiger partial charge in [0, 0.05) is 19.3 Å². The van der Waals surface area contributed by atoms with Gasteiger partial charge in [0.15, 0.2) is 0 Å². The number of likely N-dealkylation sites (tertiary alicyclic amines) is 1. The van der Waals surface area contributed by atoms with Crippen LogP contribution in [0.15, 0.2) is 23.2 Å². The highest BCUT2D eigenvalue weighted by Crippen LogP contribution is 2.10. The van der Waals surface area contributed by atoms with Crippen LogP contribution in [-0.2, 0) is 10.0 Å². The minimum atomic E-state index is -3.48. The van der Waals surface area contributed by atoms with Crippen LogP contribution in [-0.4, -0.2) is 44.5 Å². The Bertz CT molecular complexity index is 508. The maximum atomic E-state index is 12.0. The summed E-state index contributed by atoms with van der Waals surface area (Å²) in [5.41, 5.74) is 5.45. The number of sulfonamides is 1. The van der Waals surface area contributed by atoms with Gasteiger partial charge in [-0.15, -0.1) is 0 Å². The first-order chi connectivity index (χ1) is 9.58. The molecule has 0 aromatic carbocycles. The van der Waals surface area contributed by atoms with Gasteiger partial charge in [0.2, 0.25) is 10.0 Å². The molecule has 1 aliphatic heterocycles. The van der Waals surface area contributed by atoms with Crippen molar-refractivity contribution in [1.82, 2.24) is 14.6 Å². The van der Waals surface area contributed by atoms with Crippen molar-refractivity contribution in [3.63, 3.8) is 0 Å². The third kappa shape index (κ3) is 4.43. The number of aromatic nitrogens is 1. The van der Waals surface area contributed by atoms with Gasteiger partial charge in [-0.25, -0.2) is 18.1 Å². The number of hydrogen-bond donors (Lipinski definition) is 2. The summed E-state index contributed by atoms with van der Waals surface area (Å²) < 4.78 is 26.7. The molecule has 1 aromatic heterocycles. The maximum absolute atomic E-state index is 12.0. The van der Waals surface area contributed by atoms with E-state index in [-0.39, 0.29) is 4.90 Å². The second kappa shape index (κ2) is 7.01. The summed E-state index contributed by atoms with van der Waals surface area (Å²) in [7, 11) is -3.48. The summed E-state index contributed by atoms with van der Waals surface area (Å²) in [4.78, 5) is 6.28. The predicted octanol–water partition coefficient (Wildman–Crippen LogP) is 0.818. The van der Waals surface area contributed by atoms with Crippen LogP contribution >= 0.6 is 0 Å². The largest absolute Gasteiger partial charge is 0.384 e. The van der Waals surface area contributed by atoms with E-state index in [2.05, 4.69) is 14.6 Å². The zero-order valence-electron chi connectivity index (χ0n) is 11.6. The summed E-state index contributed by atoms with van der Waals surface area (Å²) in [6.45, 7) is 3.30. The van der Waals surface area contributed by atoms with Gasteiger partial charge in [-0.2, -0.15) is 0 Å². The van der Waals surface area contributed by atoms with Gasteiger partial charge in [0.1, 0.15) is 10.7 Å². The summed E-state index contributed by atoms with van der Waals surface area (Å²) in [6, 6.07) is 2.96. The third-order valence-corrected chi connectivity index (χ3v) is 4.93. The van der Waals surface area contributed by atoms with Crippen LogP contribution < -0.4 is 10.5 Å². The molecule has 0 unspecified atom stereocenters. The Morgan fingerprint density at radius 1 is 1.20 bits per heavy atom. The maximum Gasteiger partial charge on any atom is 0.242 e. The molecule has 2 rings (SSSR count). The first kappa shape index (κ1) is 15.2. The fourth-order valence-corrected chi connectivity index (χ4v) is 3.30. The Hall–Kier alpha value is -1.18. The summed E-state index contributed by atoms with van der Waals surface area (Å²) in [5.74, 6) is 0.313. The van der Waals surface area contributed by atoms with Crippen molar-refractivity contribution >= 4 is 15.8 Å². The second-order valence-corrected chi connectivity index (χ2v) is 6.84. The SMILES string of the molecule is Nc1ccc(S(=O)(=O)NCCN2CCCCCC2)cn1. The third-order valence-electron chi connectivity index (χ3n) is 3.49. The number of nitrogens with two attached hydrogens (primary N) is 1. The molecular formula is C13H22N4O2S. The van der Waals surface area contributed by atoms with Gasteiger partial charge in [-0.05, 0) is 38.1 Å². The van der Waals surface area contributed by atoms with E-state index >= 15 is 0 Å². The van der Waals surface area contributed by atoms with E-state index in [1.807, 2.05) is 0 Å². The first-order valence-electron chi connectivity index (χ1n) is 7.01. The first-order valence-corrected chi connectivity index (χ1v) is 8.50. The number of rotatable bonds is 5. The van der Waals surface area contributed by atoms with Gasteiger partial charge in [0.25, 0.3) is 0 Å². The fraction of sp³-hybridized carbons (Fsp3) is 0.615. The minimum Gasteiger partial charge on any atom is -0.384 e. The van der Waals surface area contributed by atoms with Crippen LogP contribution in [0.1, 0.15) is 25.7 Å². The molecule has 0 atom stereocenters. The number of pyridine rings is 1. The topological polar surface area (TPSA) is 88.3 Å². The molecule has 6 nitrogen and oxygen atoms in total. The lowest BCUT2D eigenvalue weighted by molar-refractivity contribution is 0.290. The normalized spacial score (nSPS) is 17.8. The van der Waals surface area contributed by atoms with Crippen molar-refractivity contribution < 1.29 is 8.42 Å². The van der Waals surface area contributed by atoms with Crippen LogP contribution in [0.4, 0.5) is 5.82 Å². The van der Waals surface area contributed by atoms with Crippen LogP contribution in [0, 0.1) is 0 Å². The number of nitrogen functional groups attached to an aromatic ring is 1. The molecule has 3 N–H and O–H groups in total. The van der Waals surface area contributed by atoms with Gasteiger partial charge >= 0.3 is 0 Å². The van der Waals surface area contributed by atoms with Crippen molar-refractivity contribution in [2.75, 3.05) is 31.9 Å². The quantitative estimate of drug-likeness (QED) is 0.840. The van der Waals surface area contributed by atoms with Crippen molar-refractivity contribution in [2.45, 2.75) is 30.6 Å². The minimum absolute atomic E-state index is 0.155. The molecule has 0 aliphatic carbocycles. The predicted molar refractivity (Wildman–Crippen MR) is 78.7 cm³/mol. The molecule has 0 bridgehead atoms. The molecule has 0 radical (unpaired) electrons. The van der Waals surface area contributed by atoms with E-state index in [0.717, 1.165) is 19.6 Å². The molecule has 1 aromatic rings. The van der Waals surface area contributed by atoms with E-state index < -0.39 is 10.0 Å². The summed E-state index contributed by atoms with van der Waals surface area (Å²) in [5, 5.41) is 0. The zero-order chi connectivity index (χ0) is 14.4. The molecule has 0 spiro atoms. The highest BCUT2D eigenvalue weighted by Gasteiger charge is 2.15. The van der Waals surface area contributed by atoms with Gasteiger partial charge in [0.05, 0.1) is 0 Å². The molecule has 2 heterocycles. The molecule has 1 fully saturated rings. The van der Waals surface area contributed by atoms with Crippen LogP contribution in [0.25, 0.3) is 0 Å². The summed E-state index contributed by atoms with van der Waals surface area (Å²) in [6.07, 6.45) is 6.24. The van der Waals surface area contributed by atoms with E-state index in [4.69, 9.17) is 5.73 Å². The average molecular weight is 298 g/mol. The summed E-state index contributed by atoms with van der Waals surface area (Å²) >= 11 is 0. The number of hydrogen-bond acceptors (Lipinski definition) is 5.